The highest BCUT2D eigenvalue weighted by molar-refractivity contribution is 5.38. The third-order valence-electron chi connectivity index (χ3n) is 3.48. The molecule has 0 spiro atoms. The van der Waals surface area contributed by atoms with E-state index >= 15 is 0 Å². The molecule has 0 aromatic heterocycles. The summed E-state index contributed by atoms with van der Waals surface area (Å²) in [7, 11) is 0. The fourth-order valence-electron chi connectivity index (χ4n) is 2.51. The molecule has 0 saturated carbocycles. The van der Waals surface area contributed by atoms with Crippen molar-refractivity contribution < 1.29 is 27.4 Å². The van der Waals surface area contributed by atoms with Crippen LogP contribution in [-0.4, -0.2) is 16.9 Å². The zero-order valence-electron chi connectivity index (χ0n) is 11.0. The highest BCUT2D eigenvalue weighted by atomic mass is 19.4. The van der Waals surface area contributed by atoms with Gasteiger partial charge in [-0.3, -0.25) is 0 Å². The van der Waals surface area contributed by atoms with Crippen LogP contribution in [0.15, 0.2) is 18.2 Å². The lowest BCUT2D eigenvalue weighted by Gasteiger charge is -2.38. The number of hydrogen-bond acceptors (Lipinski definition) is 2. The van der Waals surface area contributed by atoms with Gasteiger partial charge in [-0.25, -0.2) is 4.39 Å². The molecule has 6 heteroatoms. The molecule has 1 unspecified atom stereocenters. The van der Waals surface area contributed by atoms with Crippen LogP contribution in [0.3, 0.4) is 0 Å². The molecule has 20 heavy (non-hydrogen) atoms. The maximum Gasteiger partial charge on any atom is 0.389 e. The van der Waals surface area contributed by atoms with Crippen LogP contribution >= 0.6 is 0 Å². The number of benzene rings is 1. The molecule has 2 atom stereocenters. The number of aliphatic hydroxyl groups excluding tert-OH is 1. The standard InChI is InChI=1S/C14H16F4O2/c1-13(5-2-6-14(16,17)18)8-11(19)10-4-3-9(15)7-12(10)20-13/h3-4,7,11,19H,2,5-6,8H2,1H3/t11-,13?/m0/s1. The number of fused-ring (bicyclic) bond motifs is 1. The second-order valence-electron chi connectivity index (χ2n) is 5.42. The third-order valence-corrected chi connectivity index (χ3v) is 3.48. The van der Waals surface area contributed by atoms with Crippen molar-refractivity contribution in [1.82, 2.24) is 0 Å². The summed E-state index contributed by atoms with van der Waals surface area (Å²) in [5.74, 6) is -0.297. The summed E-state index contributed by atoms with van der Waals surface area (Å²) >= 11 is 0. The Bertz CT molecular complexity index is 487. The number of rotatable bonds is 3. The van der Waals surface area contributed by atoms with Gasteiger partial charge in [-0.2, -0.15) is 13.2 Å². The van der Waals surface area contributed by atoms with Crippen LogP contribution in [0.5, 0.6) is 5.75 Å². The van der Waals surface area contributed by atoms with E-state index in [-0.39, 0.29) is 25.0 Å². The summed E-state index contributed by atoms with van der Waals surface area (Å²) in [5, 5.41) is 10.0. The van der Waals surface area contributed by atoms with E-state index < -0.39 is 30.1 Å². The average molecular weight is 292 g/mol. The molecule has 1 heterocycles. The predicted molar refractivity (Wildman–Crippen MR) is 64.9 cm³/mol. The minimum atomic E-state index is -4.20. The van der Waals surface area contributed by atoms with Crippen LogP contribution in [0.25, 0.3) is 0 Å². The van der Waals surface area contributed by atoms with Gasteiger partial charge in [0.15, 0.2) is 0 Å². The Morgan fingerprint density at radius 2 is 2.10 bits per heavy atom. The Balaban J connectivity index is 2.08. The summed E-state index contributed by atoms with van der Waals surface area (Å²) in [6.45, 7) is 1.64. The van der Waals surface area contributed by atoms with Crippen LogP contribution in [0, 0.1) is 5.82 Å². The predicted octanol–water partition coefficient (Wildman–Crippen LogP) is 4.13. The Morgan fingerprint density at radius 1 is 1.40 bits per heavy atom. The molecule has 0 radical (unpaired) electrons. The molecule has 1 aromatic rings. The van der Waals surface area contributed by atoms with Crippen LogP contribution in [0.2, 0.25) is 0 Å². The maximum absolute atomic E-state index is 13.2. The molecule has 0 fully saturated rings. The van der Waals surface area contributed by atoms with Crippen molar-refractivity contribution in [2.24, 2.45) is 0 Å². The van der Waals surface area contributed by atoms with Crippen molar-refractivity contribution in [3.8, 4) is 5.75 Å². The van der Waals surface area contributed by atoms with Gasteiger partial charge >= 0.3 is 6.18 Å². The Labute approximate surface area is 114 Å². The van der Waals surface area contributed by atoms with Crippen LogP contribution in [0.1, 0.15) is 44.3 Å². The fourth-order valence-corrected chi connectivity index (χ4v) is 2.51. The molecule has 2 rings (SSSR count). The molecule has 1 aliphatic heterocycles. The number of alkyl halides is 3. The molecule has 0 bridgehead atoms. The van der Waals surface area contributed by atoms with Crippen molar-refractivity contribution in [1.29, 1.82) is 0 Å². The van der Waals surface area contributed by atoms with Gasteiger partial charge in [-0.05, 0) is 31.9 Å². The van der Waals surface area contributed by atoms with Gasteiger partial charge in [-0.15, -0.1) is 0 Å². The zero-order chi connectivity index (χ0) is 15.0. The summed E-state index contributed by atoms with van der Waals surface area (Å²) in [6.07, 6.45) is -5.68. The van der Waals surface area contributed by atoms with E-state index in [2.05, 4.69) is 0 Å². The second-order valence-corrected chi connectivity index (χ2v) is 5.42. The number of ether oxygens (including phenoxy) is 1. The molecule has 0 amide bonds. The first kappa shape index (κ1) is 15.1. The van der Waals surface area contributed by atoms with E-state index in [1.54, 1.807) is 6.92 Å². The van der Waals surface area contributed by atoms with Crippen molar-refractivity contribution in [2.75, 3.05) is 0 Å². The van der Waals surface area contributed by atoms with Gasteiger partial charge in [-0.1, -0.05) is 0 Å². The fraction of sp³-hybridized carbons (Fsp3) is 0.571. The molecule has 1 aromatic carbocycles. The van der Waals surface area contributed by atoms with Gasteiger partial charge in [0.25, 0.3) is 0 Å². The van der Waals surface area contributed by atoms with Crippen LogP contribution < -0.4 is 4.74 Å². The second kappa shape index (κ2) is 5.24. The van der Waals surface area contributed by atoms with Gasteiger partial charge in [0, 0.05) is 24.5 Å². The molecule has 0 saturated heterocycles. The molecular formula is C14H16F4O2. The number of hydrogen-bond donors (Lipinski definition) is 1. The highest BCUT2D eigenvalue weighted by Gasteiger charge is 2.37. The lowest BCUT2D eigenvalue weighted by atomic mass is 9.86. The van der Waals surface area contributed by atoms with E-state index in [0.29, 0.717) is 5.56 Å². The lowest BCUT2D eigenvalue weighted by molar-refractivity contribution is -0.138. The average Bonchev–Trinajstić information content (AvgIpc) is 2.25. The number of halogens is 4. The minimum absolute atomic E-state index is 0.0859. The molecule has 2 nitrogen and oxygen atoms in total. The van der Waals surface area contributed by atoms with E-state index in [9.17, 15) is 22.7 Å². The minimum Gasteiger partial charge on any atom is -0.487 e. The molecular weight excluding hydrogens is 276 g/mol. The summed E-state index contributed by atoms with van der Waals surface area (Å²) < 4.78 is 55.3. The van der Waals surface area contributed by atoms with Gasteiger partial charge in [0.05, 0.1) is 6.10 Å². The monoisotopic (exact) mass is 292 g/mol. The van der Waals surface area contributed by atoms with Crippen LogP contribution in [-0.2, 0) is 0 Å². The van der Waals surface area contributed by atoms with Crippen molar-refractivity contribution in [3.63, 3.8) is 0 Å². The molecule has 112 valence electrons. The summed E-state index contributed by atoms with van der Waals surface area (Å²) in [6, 6.07) is 3.81. The first-order valence-electron chi connectivity index (χ1n) is 6.42. The molecule has 1 aliphatic rings. The maximum atomic E-state index is 13.2. The largest absolute Gasteiger partial charge is 0.487 e. The first-order chi connectivity index (χ1) is 9.19. The van der Waals surface area contributed by atoms with Gasteiger partial charge in [0.2, 0.25) is 0 Å². The third kappa shape index (κ3) is 3.62. The van der Waals surface area contributed by atoms with E-state index in [1.807, 2.05) is 0 Å². The topological polar surface area (TPSA) is 29.5 Å². The normalized spacial score (nSPS) is 26.0. The Morgan fingerprint density at radius 3 is 2.75 bits per heavy atom. The number of aliphatic hydroxyl groups is 1. The highest BCUT2D eigenvalue weighted by Crippen LogP contribution is 2.42. The Hall–Kier alpha value is -1.30. The Kier molecular flexibility index (Phi) is 3.95. The van der Waals surface area contributed by atoms with E-state index in [4.69, 9.17) is 4.74 Å². The van der Waals surface area contributed by atoms with Crippen LogP contribution in [0.4, 0.5) is 17.6 Å². The van der Waals surface area contributed by atoms with Gasteiger partial charge in [0.1, 0.15) is 17.2 Å². The van der Waals surface area contributed by atoms with E-state index in [0.717, 1.165) is 6.07 Å². The SMILES string of the molecule is CC1(CCCC(F)(F)F)C[C@H](O)c2ccc(F)cc2O1. The summed E-state index contributed by atoms with van der Waals surface area (Å²) in [5.41, 5.74) is -0.439. The van der Waals surface area contributed by atoms with Crippen molar-refractivity contribution in [3.05, 3.63) is 29.6 Å². The van der Waals surface area contributed by atoms with Gasteiger partial charge < -0.3 is 9.84 Å². The molecule has 1 N–H and O–H groups in total. The quantitative estimate of drug-likeness (QED) is 0.849. The summed E-state index contributed by atoms with van der Waals surface area (Å²) in [4.78, 5) is 0. The van der Waals surface area contributed by atoms with Crippen molar-refractivity contribution in [2.45, 2.75) is 50.5 Å². The zero-order valence-corrected chi connectivity index (χ0v) is 11.0. The lowest BCUT2D eigenvalue weighted by Crippen LogP contribution is -2.38. The smallest absolute Gasteiger partial charge is 0.389 e. The van der Waals surface area contributed by atoms with E-state index in [1.165, 1.54) is 12.1 Å². The molecule has 0 aliphatic carbocycles. The first-order valence-corrected chi connectivity index (χ1v) is 6.42. The van der Waals surface area contributed by atoms with Crippen molar-refractivity contribution >= 4 is 0 Å².